The van der Waals surface area contributed by atoms with Crippen molar-refractivity contribution in [1.29, 1.82) is 0 Å². The quantitative estimate of drug-likeness (QED) is 0.346. The summed E-state index contributed by atoms with van der Waals surface area (Å²) in [5.41, 5.74) is 2.13. The predicted molar refractivity (Wildman–Crippen MR) is 98.2 cm³/mol. The molecule has 114 valence electrons. The van der Waals surface area contributed by atoms with Gasteiger partial charge >= 0.3 is 0 Å². The third-order valence-corrected chi connectivity index (χ3v) is 3.74. The van der Waals surface area contributed by atoms with Gasteiger partial charge in [-0.2, -0.15) is 0 Å². The van der Waals surface area contributed by atoms with E-state index in [9.17, 15) is 5.11 Å². The van der Waals surface area contributed by atoms with E-state index in [1.54, 1.807) is 18.2 Å². The minimum Gasteiger partial charge on any atom is -0.507 e. The molecule has 22 heavy (non-hydrogen) atoms. The average Bonchev–Trinajstić information content (AvgIpc) is 2.54. The molecule has 0 radical (unpaired) electrons. The van der Waals surface area contributed by atoms with E-state index in [1.165, 1.54) is 0 Å². The Morgan fingerprint density at radius 3 is 2.41 bits per heavy atom. The van der Waals surface area contributed by atoms with Gasteiger partial charge in [-0.3, -0.25) is 0 Å². The summed E-state index contributed by atoms with van der Waals surface area (Å²) in [5, 5.41) is 14.5. The number of aliphatic hydroxyl groups excluding tert-OH is 1. The summed E-state index contributed by atoms with van der Waals surface area (Å²) in [6, 6.07) is 16.7. The van der Waals surface area contributed by atoms with Crippen molar-refractivity contribution in [3.05, 3.63) is 70.7 Å². The van der Waals surface area contributed by atoms with E-state index in [2.05, 4.69) is 12.2 Å². The number of rotatable bonds is 5. The van der Waals surface area contributed by atoms with Crippen LogP contribution >= 0.6 is 23.8 Å². The Hall–Kier alpha value is -1.84. The van der Waals surface area contributed by atoms with E-state index in [1.807, 2.05) is 36.4 Å². The highest BCUT2D eigenvalue weighted by Crippen LogP contribution is 2.26. The molecule has 0 heterocycles. The van der Waals surface area contributed by atoms with Gasteiger partial charge in [0.2, 0.25) is 0 Å². The Labute approximate surface area is 141 Å². The van der Waals surface area contributed by atoms with Crippen LogP contribution in [-0.4, -0.2) is 16.6 Å². The van der Waals surface area contributed by atoms with E-state index < -0.39 is 0 Å². The van der Waals surface area contributed by atoms with Gasteiger partial charge in [-0.05, 0) is 24.1 Å². The fraction of sp³-hybridized carbons (Fsp3) is 0.167. The van der Waals surface area contributed by atoms with Crippen molar-refractivity contribution in [2.24, 2.45) is 0 Å². The Balaban J connectivity index is 2.51. The van der Waals surface area contributed by atoms with Crippen molar-refractivity contribution >= 4 is 40.1 Å². The van der Waals surface area contributed by atoms with E-state index >= 15 is 0 Å². The smallest absolute Gasteiger partial charge is 0.133 e. The highest BCUT2D eigenvalue weighted by molar-refractivity contribution is 7.81. The van der Waals surface area contributed by atoms with Crippen molar-refractivity contribution in [1.82, 2.24) is 5.32 Å². The fourth-order valence-corrected chi connectivity index (χ4v) is 2.59. The lowest BCUT2D eigenvalue weighted by Gasteiger charge is -2.14. The standard InChI is InChI=1S/C18H18ClNOS/c1-2-11-20-18(22)16(13-7-4-3-5-8-13)17(21)14-9-6-10-15(19)12-14/h3-10,12,21H,2,11H2,1H3,(H,20,22)/b17-16-. The van der Waals surface area contributed by atoms with Gasteiger partial charge in [0.05, 0.1) is 5.57 Å². The highest BCUT2D eigenvalue weighted by atomic mass is 35.5. The fourth-order valence-electron chi connectivity index (χ4n) is 2.09. The van der Waals surface area contributed by atoms with Crippen molar-refractivity contribution < 1.29 is 5.11 Å². The maximum absolute atomic E-state index is 10.7. The number of thiocarbonyl (C=S) groups is 1. The lowest BCUT2D eigenvalue weighted by Crippen LogP contribution is -2.24. The second kappa shape index (κ2) is 7.97. The Bertz CT molecular complexity index is 682. The van der Waals surface area contributed by atoms with Crippen molar-refractivity contribution in [3.63, 3.8) is 0 Å². The Morgan fingerprint density at radius 1 is 1.09 bits per heavy atom. The second-order valence-corrected chi connectivity index (χ2v) is 5.70. The molecule has 0 bridgehead atoms. The number of benzene rings is 2. The molecule has 0 spiro atoms. The van der Waals surface area contributed by atoms with Gasteiger partial charge in [0.25, 0.3) is 0 Å². The Morgan fingerprint density at radius 2 is 1.77 bits per heavy atom. The van der Waals surface area contributed by atoms with Crippen LogP contribution in [0.5, 0.6) is 0 Å². The SMILES string of the molecule is CCCNC(=S)/C(=C(\O)c1cccc(Cl)c1)c1ccccc1. The molecule has 0 fully saturated rings. The zero-order valence-electron chi connectivity index (χ0n) is 12.3. The van der Waals surface area contributed by atoms with Gasteiger partial charge in [0, 0.05) is 17.1 Å². The normalized spacial score (nSPS) is 11.7. The van der Waals surface area contributed by atoms with Crippen LogP contribution in [0.2, 0.25) is 5.02 Å². The molecule has 0 unspecified atom stereocenters. The summed E-state index contributed by atoms with van der Waals surface area (Å²) in [6.45, 7) is 2.83. The van der Waals surface area contributed by atoms with Crippen LogP contribution in [0.15, 0.2) is 54.6 Å². The molecular weight excluding hydrogens is 314 g/mol. The molecule has 2 N–H and O–H groups in total. The molecule has 0 aliphatic heterocycles. The molecule has 2 aromatic rings. The second-order valence-electron chi connectivity index (χ2n) is 4.86. The largest absolute Gasteiger partial charge is 0.507 e. The van der Waals surface area contributed by atoms with Gasteiger partial charge in [-0.25, -0.2) is 0 Å². The molecular formula is C18H18ClNOS. The van der Waals surface area contributed by atoms with Gasteiger partial charge < -0.3 is 10.4 Å². The molecule has 0 saturated heterocycles. The van der Waals surface area contributed by atoms with Crippen LogP contribution in [0.25, 0.3) is 11.3 Å². The summed E-state index contributed by atoms with van der Waals surface area (Å²) in [5.74, 6) is 0.127. The first-order valence-corrected chi connectivity index (χ1v) is 7.95. The Kier molecular flexibility index (Phi) is 5.99. The summed E-state index contributed by atoms with van der Waals surface area (Å²) in [6.07, 6.45) is 0.958. The van der Waals surface area contributed by atoms with E-state index in [4.69, 9.17) is 23.8 Å². The molecule has 2 rings (SSSR count). The van der Waals surface area contributed by atoms with Gasteiger partial charge in [-0.15, -0.1) is 0 Å². The zero-order valence-corrected chi connectivity index (χ0v) is 13.9. The molecule has 0 aliphatic rings. The van der Waals surface area contributed by atoms with Gasteiger partial charge in [-0.1, -0.05) is 73.2 Å². The molecule has 2 nitrogen and oxygen atoms in total. The minimum absolute atomic E-state index is 0.127. The molecule has 2 aromatic carbocycles. The third-order valence-electron chi connectivity index (χ3n) is 3.16. The summed E-state index contributed by atoms with van der Waals surface area (Å²) in [4.78, 5) is 0.533. The van der Waals surface area contributed by atoms with E-state index in [0.29, 0.717) is 21.1 Å². The average molecular weight is 332 g/mol. The van der Waals surface area contributed by atoms with Crippen LogP contribution < -0.4 is 5.32 Å². The van der Waals surface area contributed by atoms with Crippen molar-refractivity contribution in [2.45, 2.75) is 13.3 Å². The topological polar surface area (TPSA) is 32.3 Å². The van der Waals surface area contributed by atoms with Crippen LogP contribution in [0.1, 0.15) is 24.5 Å². The van der Waals surface area contributed by atoms with Crippen molar-refractivity contribution in [2.75, 3.05) is 6.54 Å². The summed E-state index contributed by atoms with van der Waals surface area (Å²) >= 11 is 11.5. The first-order valence-electron chi connectivity index (χ1n) is 7.16. The molecule has 0 aliphatic carbocycles. The highest BCUT2D eigenvalue weighted by Gasteiger charge is 2.15. The van der Waals surface area contributed by atoms with Gasteiger partial charge in [0.1, 0.15) is 10.7 Å². The van der Waals surface area contributed by atoms with E-state index in [-0.39, 0.29) is 5.76 Å². The molecule has 0 saturated carbocycles. The molecule has 0 aromatic heterocycles. The lowest BCUT2D eigenvalue weighted by atomic mass is 10.0. The van der Waals surface area contributed by atoms with E-state index in [0.717, 1.165) is 18.5 Å². The monoisotopic (exact) mass is 331 g/mol. The maximum Gasteiger partial charge on any atom is 0.133 e. The summed E-state index contributed by atoms with van der Waals surface area (Å²) < 4.78 is 0. The van der Waals surface area contributed by atoms with Crippen LogP contribution in [0, 0.1) is 0 Å². The minimum atomic E-state index is 0.127. The van der Waals surface area contributed by atoms with Crippen LogP contribution in [-0.2, 0) is 0 Å². The number of hydrogen-bond donors (Lipinski definition) is 2. The first-order chi connectivity index (χ1) is 10.6. The third kappa shape index (κ3) is 4.09. The molecule has 0 atom stereocenters. The number of nitrogens with one attached hydrogen (secondary N) is 1. The molecule has 4 heteroatoms. The zero-order chi connectivity index (χ0) is 15.9. The number of hydrogen-bond acceptors (Lipinski definition) is 2. The summed E-state index contributed by atoms with van der Waals surface area (Å²) in [7, 11) is 0. The van der Waals surface area contributed by atoms with Gasteiger partial charge in [0.15, 0.2) is 0 Å². The number of aliphatic hydroxyl groups is 1. The van der Waals surface area contributed by atoms with Crippen LogP contribution in [0.4, 0.5) is 0 Å². The number of halogens is 1. The van der Waals surface area contributed by atoms with Crippen LogP contribution in [0.3, 0.4) is 0 Å². The molecule has 0 amide bonds. The lowest BCUT2D eigenvalue weighted by molar-refractivity contribution is 0.514. The van der Waals surface area contributed by atoms with Crippen molar-refractivity contribution in [3.8, 4) is 0 Å². The first kappa shape index (κ1) is 16.5. The maximum atomic E-state index is 10.7. The predicted octanol–water partition coefficient (Wildman–Crippen LogP) is 5.09.